The number of thioether (sulfide) groups is 1. The SMILES string of the molecule is COC1(N)C(=O)N2CC(C(C)=O)(C(=O)OC(C)(C)C)CS[C@@H]21. The monoisotopic (exact) mass is 330 g/mol. The van der Waals surface area contributed by atoms with Gasteiger partial charge < -0.3 is 14.4 Å². The highest BCUT2D eigenvalue weighted by molar-refractivity contribution is 8.00. The lowest BCUT2D eigenvalue weighted by Crippen LogP contribution is -2.81. The highest BCUT2D eigenvalue weighted by Gasteiger charge is 2.66. The second kappa shape index (κ2) is 5.21. The van der Waals surface area contributed by atoms with Gasteiger partial charge in [-0.05, 0) is 27.7 Å². The van der Waals surface area contributed by atoms with Gasteiger partial charge >= 0.3 is 5.97 Å². The van der Waals surface area contributed by atoms with E-state index in [9.17, 15) is 14.4 Å². The highest BCUT2D eigenvalue weighted by atomic mass is 32.2. The van der Waals surface area contributed by atoms with Crippen LogP contribution in [0.15, 0.2) is 0 Å². The van der Waals surface area contributed by atoms with Crippen molar-refractivity contribution in [3.8, 4) is 0 Å². The summed E-state index contributed by atoms with van der Waals surface area (Å²) in [6.07, 6.45) is 0. The van der Waals surface area contributed by atoms with Crippen molar-refractivity contribution >= 4 is 29.4 Å². The fourth-order valence-electron chi connectivity index (χ4n) is 2.57. The van der Waals surface area contributed by atoms with Crippen molar-refractivity contribution in [2.24, 2.45) is 11.1 Å². The van der Waals surface area contributed by atoms with Crippen LogP contribution in [-0.4, -0.2) is 58.7 Å². The molecule has 2 fully saturated rings. The van der Waals surface area contributed by atoms with E-state index in [0.29, 0.717) is 0 Å². The van der Waals surface area contributed by atoms with Gasteiger partial charge in [-0.2, -0.15) is 0 Å². The lowest BCUT2D eigenvalue weighted by Gasteiger charge is -2.57. The van der Waals surface area contributed by atoms with Gasteiger partial charge in [-0.1, -0.05) is 0 Å². The first-order valence-corrected chi connectivity index (χ1v) is 8.04. The summed E-state index contributed by atoms with van der Waals surface area (Å²) in [4.78, 5) is 38.3. The zero-order chi connectivity index (χ0) is 16.9. The van der Waals surface area contributed by atoms with Crippen molar-refractivity contribution in [3.05, 3.63) is 0 Å². The lowest BCUT2D eigenvalue weighted by atomic mass is 9.82. The molecule has 2 unspecified atom stereocenters. The molecule has 0 aromatic heterocycles. The molecule has 124 valence electrons. The van der Waals surface area contributed by atoms with Crippen LogP contribution in [0.5, 0.6) is 0 Å². The molecule has 2 rings (SSSR count). The minimum Gasteiger partial charge on any atom is -0.459 e. The molecule has 0 aromatic carbocycles. The third kappa shape index (κ3) is 2.43. The molecule has 2 aliphatic rings. The number of amides is 1. The van der Waals surface area contributed by atoms with E-state index in [-0.39, 0.29) is 23.5 Å². The van der Waals surface area contributed by atoms with Crippen LogP contribution in [0.25, 0.3) is 0 Å². The van der Waals surface area contributed by atoms with Crippen LogP contribution in [-0.2, 0) is 23.9 Å². The Morgan fingerprint density at radius 2 is 2.00 bits per heavy atom. The Kier molecular flexibility index (Phi) is 4.08. The summed E-state index contributed by atoms with van der Waals surface area (Å²) in [7, 11) is 1.37. The zero-order valence-electron chi connectivity index (χ0n) is 13.5. The summed E-state index contributed by atoms with van der Waals surface area (Å²) < 4.78 is 10.5. The molecule has 0 aliphatic carbocycles. The van der Waals surface area contributed by atoms with E-state index in [0.717, 1.165) is 0 Å². The molecule has 0 bridgehead atoms. The van der Waals surface area contributed by atoms with Crippen molar-refractivity contribution in [2.45, 2.75) is 44.4 Å². The molecule has 3 atom stereocenters. The summed E-state index contributed by atoms with van der Waals surface area (Å²) in [5.41, 5.74) is 2.48. The molecule has 2 N–H and O–H groups in total. The topological polar surface area (TPSA) is 98.9 Å². The summed E-state index contributed by atoms with van der Waals surface area (Å²) in [6, 6.07) is 0. The van der Waals surface area contributed by atoms with Crippen LogP contribution in [0.1, 0.15) is 27.7 Å². The van der Waals surface area contributed by atoms with Gasteiger partial charge in [0.15, 0.2) is 5.41 Å². The highest BCUT2D eigenvalue weighted by Crippen LogP contribution is 2.47. The number of fused-ring (bicyclic) bond motifs is 1. The number of methoxy groups -OCH3 is 1. The summed E-state index contributed by atoms with van der Waals surface area (Å²) in [5.74, 6) is -1.11. The minimum atomic E-state index is -1.37. The number of nitrogens with zero attached hydrogens (tertiary/aromatic N) is 1. The predicted molar refractivity (Wildman–Crippen MR) is 80.8 cm³/mol. The Balaban J connectivity index is 2.25. The zero-order valence-corrected chi connectivity index (χ0v) is 14.3. The van der Waals surface area contributed by atoms with Crippen LogP contribution in [0, 0.1) is 5.41 Å². The van der Waals surface area contributed by atoms with Crippen molar-refractivity contribution in [1.82, 2.24) is 4.90 Å². The van der Waals surface area contributed by atoms with Crippen LogP contribution in [0.4, 0.5) is 0 Å². The first-order valence-electron chi connectivity index (χ1n) is 6.99. The Morgan fingerprint density at radius 1 is 1.41 bits per heavy atom. The summed E-state index contributed by atoms with van der Waals surface area (Å²) in [5, 5.41) is -0.389. The van der Waals surface area contributed by atoms with Gasteiger partial charge in [-0.25, -0.2) is 0 Å². The maximum absolute atomic E-state index is 12.5. The largest absolute Gasteiger partial charge is 0.459 e. The minimum absolute atomic E-state index is 0.0178. The normalized spacial score (nSPS) is 34.7. The molecule has 2 aliphatic heterocycles. The number of ether oxygens (including phenoxy) is 2. The number of esters is 1. The number of carbonyl (C=O) groups excluding carboxylic acids is 3. The maximum atomic E-state index is 12.5. The third-order valence-electron chi connectivity index (χ3n) is 3.97. The van der Waals surface area contributed by atoms with Crippen molar-refractivity contribution < 1.29 is 23.9 Å². The first-order chi connectivity index (χ1) is 9.98. The van der Waals surface area contributed by atoms with Gasteiger partial charge in [-0.15, -0.1) is 11.8 Å². The van der Waals surface area contributed by atoms with E-state index in [1.807, 2.05) is 0 Å². The predicted octanol–water partition coefficient (Wildman–Crippen LogP) is 0.120. The summed E-state index contributed by atoms with van der Waals surface area (Å²) >= 11 is 1.27. The average molecular weight is 330 g/mol. The number of ketones is 1. The molecular formula is C14H22N2O5S. The summed E-state index contributed by atoms with van der Waals surface area (Å²) in [6.45, 7) is 6.55. The molecule has 0 radical (unpaired) electrons. The van der Waals surface area contributed by atoms with Gasteiger partial charge in [0.25, 0.3) is 5.91 Å². The molecular weight excluding hydrogens is 308 g/mol. The molecule has 22 heavy (non-hydrogen) atoms. The van der Waals surface area contributed by atoms with Crippen molar-refractivity contribution in [1.29, 1.82) is 0 Å². The van der Waals surface area contributed by atoms with E-state index in [1.165, 1.54) is 30.7 Å². The van der Waals surface area contributed by atoms with Crippen LogP contribution < -0.4 is 5.73 Å². The quantitative estimate of drug-likeness (QED) is 0.339. The van der Waals surface area contributed by atoms with Crippen molar-refractivity contribution in [3.63, 3.8) is 0 Å². The van der Waals surface area contributed by atoms with Crippen LogP contribution in [0.3, 0.4) is 0 Å². The molecule has 7 nitrogen and oxygen atoms in total. The number of rotatable bonds is 3. The van der Waals surface area contributed by atoms with Crippen LogP contribution >= 0.6 is 11.8 Å². The molecule has 0 spiro atoms. The molecule has 2 heterocycles. The Labute approximate surface area is 133 Å². The Bertz CT molecular complexity index is 532. The molecule has 0 saturated carbocycles. The van der Waals surface area contributed by atoms with Gasteiger partial charge in [0.1, 0.15) is 16.8 Å². The third-order valence-corrected chi connectivity index (χ3v) is 5.55. The molecule has 8 heteroatoms. The van der Waals surface area contributed by atoms with Gasteiger partial charge in [0.05, 0.1) is 0 Å². The van der Waals surface area contributed by atoms with E-state index in [1.54, 1.807) is 20.8 Å². The lowest BCUT2D eigenvalue weighted by molar-refractivity contribution is -0.193. The molecule has 2 saturated heterocycles. The van der Waals surface area contributed by atoms with E-state index < -0.39 is 28.6 Å². The molecule has 0 aromatic rings. The first kappa shape index (κ1) is 17.2. The van der Waals surface area contributed by atoms with Gasteiger partial charge in [0, 0.05) is 19.4 Å². The van der Waals surface area contributed by atoms with Crippen LogP contribution in [0.2, 0.25) is 0 Å². The van der Waals surface area contributed by atoms with E-state index >= 15 is 0 Å². The number of carbonyl (C=O) groups is 3. The maximum Gasteiger partial charge on any atom is 0.322 e. The smallest absolute Gasteiger partial charge is 0.322 e. The van der Waals surface area contributed by atoms with Gasteiger partial charge in [-0.3, -0.25) is 20.1 Å². The second-order valence-electron chi connectivity index (χ2n) is 6.73. The molecule has 1 amide bonds. The standard InChI is InChI=1S/C14H22N2O5S/c1-8(17)13(11(19)21-12(2,3)4)6-16-9(18)14(15,20-5)10(16)22-7-13/h10H,6-7,15H2,1-5H3/t10-,13?,14?/m1/s1. The second-order valence-corrected chi connectivity index (χ2v) is 7.80. The number of β-lactam (4-membered cyclic amide) rings is 1. The number of hydrogen-bond acceptors (Lipinski definition) is 7. The Morgan fingerprint density at radius 3 is 2.45 bits per heavy atom. The van der Waals surface area contributed by atoms with E-state index in [2.05, 4.69) is 0 Å². The average Bonchev–Trinajstić information content (AvgIpc) is 2.42. The number of hydrogen-bond donors (Lipinski definition) is 1. The van der Waals surface area contributed by atoms with Crippen molar-refractivity contribution in [2.75, 3.05) is 19.4 Å². The van der Waals surface area contributed by atoms with Gasteiger partial charge in [0.2, 0.25) is 5.72 Å². The number of Topliss-reactive ketones (excluding diaryl/α,β-unsaturated/α-hetero) is 1. The Hall–Kier alpha value is -1.12. The number of nitrogens with two attached hydrogens (primary N) is 1. The fraction of sp³-hybridized carbons (Fsp3) is 0.786. The van der Waals surface area contributed by atoms with E-state index in [4.69, 9.17) is 15.2 Å². The fourth-order valence-corrected chi connectivity index (χ4v) is 4.22.